The van der Waals surface area contributed by atoms with E-state index in [1.165, 1.54) is 11.0 Å². The molecule has 1 heterocycles. The number of carbonyl (C=O) groups excluding carboxylic acids is 1. The van der Waals surface area contributed by atoms with Crippen LogP contribution >= 0.6 is 0 Å². The van der Waals surface area contributed by atoms with Crippen LogP contribution in [0, 0.1) is 5.41 Å². The van der Waals surface area contributed by atoms with Crippen molar-refractivity contribution < 1.29 is 23.8 Å². The number of hydrogen-bond acceptors (Lipinski definition) is 3. The van der Waals surface area contributed by atoms with Gasteiger partial charge in [0.15, 0.2) is 0 Å². The first kappa shape index (κ1) is 14.5. The van der Waals surface area contributed by atoms with Crippen molar-refractivity contribution in [3.8, 4) is 0 Å². The number of alkyl halides is 1. The molecule has 1 aliphatic heterocycles. The molecule has 0 aromatic rings. The third-order valence-corrected chi connectivity index (χ3v) is 3.33. The third-order valence-electron chi connectivity index (χ3n) is 3.33. The van der Waals surface area contributed by atoms with Crippen LogP contribution in [0.3, 0.4) is 0 Å². The van der Waals surface area contributed by atoms with Crippen molar-refractivity contribution in [1.29, 1.82) is 0 Å². The van der Waals surface area contributed by atoms with Crippen LogP contribution in [0.1, 0.15) is 19.3 Å². The second-order valence-electron chi connectivity index (χ2n) is 4.38. The Kier molecular flexibility index (Phi) is 5.12. The predicted octanol–water partition coefficient (Wildman–Crippen LogP) is 1.84. The quantitative estimate of drug-likeness (QED) is 0.765. The van der Waals surface area contributed by atoms with Gasteiger partial charge in [-0.1, -0.05) is 12.7 Å². The summed E-state index contributed by atoms with van der Waals surface area (Å²) in [6.45, 7) is 3.46. The zero-order valence-corrected chi connectivity index (χ0v) is 10.2. The van der Waals surface area contributed by atoms with Crippen LogP contribution < -0.4 is 0 Å². The maximum Gasteiger partial charge on any atom is 0.410 e. The number of amides is 1. The minimum Gasteiger partial charge on any atom is -0.481 e. The first-order chi connectivity index (χ1) is 8.55. The SMILES string of the molecule is C=CCOC(=O)N1CCC(CCF)(C(=O)O)CC1. The maximum absolute atomic E-state index is 12.4. The summed E-state index contributed by atoms with van der Waals surface area (Å²) in [6, 6.07) is 0. The van der Waals surface area contributed by atoms with E-state index in [0.29, 0.717) is 0 Å². The molecule has 0 bridgehead atoms. The van der Waals surface area contributed by atoms with Crippen LogP contribution in [0.25, 0.3) is 0 Å². The largest absolute Gasteiger partial charge is 0.481 e. The van der Waals surface area contributed by atoms with Crippen molar-refractivity contribution in [3.63, 3.8) is 0 Å². The number of aliphatic carboxylic acids is 1. The number of hydrogen-bond donors (Lipinski definition) is 1. The number of ether oxygens (including phenoxy) is 1. The average molecular weight is 259 g/mol. The van der Waals surface area contributed by atoms with Crippen LogP contribution in [0.2, 0.25) is 0 Å². The molecule has 1 rings (SSSR count). The highest BCUT2D eigenvalue weighted by molar-refractivity contribution is 5.75. The van der Waals surface area contributed by atoms with Crippen molar-refractivity contribution >= 4 is 12.1 Å². The summed E-state index contributed by atoms with van der Waals surface area (Å²) in [6.07, 6.45) is 1.50. The summed E-state index contributed by atoms with van der Waals surface area (Å²) in [4.78, 5) is 24.2. The molecule has 102 valence electrons. The Hall–Kier alpha value is -1.59. The lowest BCUT2D eigenvalue weighted by molar-refractivity contribution is -0.152. The van der Waals surface area contributed by atoms with Crippen molar-refractivity contribution in [2.45, 2.75) is 19.3 Å². The number of nitrogens with zero attached hydrogens (tertiary/aromatic N) is 1. The Balaban J connectivity index is 2.55. The molecule has 5 nitrogen and oxygen atoms in total. The fourth-order valence-corrected chi connectivity index (χ4v) is 2.09. The molecule has 0 radical (unpaired) electrons. The first-order valence-corrected chi connectivity index (χ1v) is 5.88. The van der Waals surface area contributed by atoms with Crippen molar-refractivity contribution in [1.82, 2.24) is 4.90 Å². The van der Waals surface area contributed by atoms with Crippen molar-refractivity contribution in [2.24, 2.45) is 5.41 Å². The number of likely N-dealkylation sites (tertiary alicyclic amines) is 1. The Morgan fingerprint density at radius 2 is 2.06 bits per heavy atom. The molecule has 1 saturated heterocycles. The van der Waals surface area contributed by atoms with Crippen LogP contribution in [0.5, 0.6) is 0 Å². The molecule has 0 aromatic carbocycles. The molecule has 0 spiro atoms. The van der Waals surface area contributed by atoms with Crippen molar-refractivity contribution in [2.75, 3.05) is 26.4 Å². The van der Waals surface area contributed by atoms with E-state index in [2.05, 4.69) is 6.58 Å². The maximum atomic E-state index is 12.4. The Labute approximate surface area is 105 Å². The van der Waals surface area contributed by atoms with Crippen LogP contribution in [-0.2, 0) is 9.53 Å². The Bertz CT molecular complexity index is 324. The molecule has 18 heavy (non-hydrogen) atoms. The van der Waals surface area contributed by atoms with Crippen LogP contribution in [0.15, 0.2) is 12.7 Å². The number of carboxylic acids is 1. The summed E-state index contributed by atoms with van der Waals surface area (Å²) in [5.74, 6) is -0.987. The van der Waals surface area contributed by atoms with Gasteiger partial charge >= 0.3 is 12.1 Å². The predicted molar refractivity (Wildman–Crippen MR) is 63.0 cm³/mol. The number of rotatable bonds is 5. The van der Waals surface area contributed by atoms with E-state index < -0.39 is 24.2 Å². The van der Waals surface area contributed by atoms with Gasteiger partial charge in [0.1, 0.15) is 6.61 Å². The van der Waals surface area contributed by atoms with E-state index in [9.17, 15) is 19.1 Å². The van der Waals surface area contributed by atoms with Gasteiger partial charge < -0.3 is 14.7 Å². The van der Waals surface area contributed by atoms with Gasteiger partial charge in [0, 0.05) is 13.1 Å². The molecule has 0 saturated carbocycles. The van der Waals surface area contributed by atoms with Gasteiger partial charge in [-0.25, -0.2) is 4.79 Å². The van der Waals surface area contributed by atoms with Crippen LogP contribution in [-0.4, -0.2) is 48.4 Å². The highest BCUT2D eigenvalue weighted by Gasteiger charge is 2.42. The molecule has 1 aliphatic rings. The molecule has 6 heteroatoms. The number of halogens is 1. The monoisotopic (exact) mass is 259 g/mol. The van der Waals surface area contributed by atoms with Gasteiger partial charge in [-0.15, -0.1) is 0 Å². The fraction of sp³-hybridized carbons (Fsp3) is 0.667. The number of carbonyl (C=O) groups is 2. The molecule has 0 aliphatic carbocycles. The summed E-state index contributed by atoms with van der Waals surface area (Å²) in [5, 5.41) is 9.17. The fourth-order valence-electron chi connectivity index (χ4n) is 2.09. The van der Waals surface area contributed by atoms with Gasteiger partial charge in [-0.2, -0.15) is 0 Å². The highest BCUT2D eigenvalue weighted by Crippen LogP contribution is 2.35. The highest BCUT2D eigenvalue weighted by atomic mass is 19.1. The number of piperidine rings is 1. The molecule has 1 N–H and O–H groups in total. The zero-order chi connectivity index (χ0) is 13.6. The van der Waals surface area contributed by atoms with Gasteiger partial charge in [-0.3, -0.25) is 9.18 Å². The van der Waals surface area contributed by atoms with E-state index in [1.807, 2.05) is 0 Å². The summed E-state index contributed by atoms with van der Waals surface area (Å²) in [7, 11) is 0. The molecular formula is C12H18FNO4. The normalized spacial score (nSPS) is 18.2. The van der Waals surface area contributed by atoms with E-state index in [0.717, 1.165) is 0 Å². The van der Waals surface area contributed by atoms with Crippen molar-refractivity contribution in [3.05, 3.63) is 12.7 Å². The van der Waals surface area contributed by atoms with Crippen LogP contribution in [0.4, 0.5) is 9.18 Å². The lowest BCUT2D eigenvalue weighted by Gasteiger charge is -2.37. The lowest BCUT2D eigenvalue weighted by atomic mass is 9.76. The Morgan fingerprint density at radius 1 is 1.44 bits per heavy atom. The van der Waals surface area contributed by atoms with E-state index in [-0.39, 0.29) is 39.0 Å². The third kappa shape index (κ3) is 3.21. The van der Waals surface area contributed by atoms with E-state index in [4.69, 9.17) is 4.74 Å². The molecule has 1 fully saturated rings. The summed E-state index contributed by atoms with van der Waals surface area (Å²) in [5.41, 5.74) is -1.04. The topological polar surface area (TPSA) is 66.8 Å². The first-order valence-electron chi connectivity index (χ1n) is 5.88. The zero-order valence-electron chi connectivity index (χ0n) is 10.2. The molecule has 0 unspecified atom stereocenters. The molecule has 0 atom stereocenters. The smallest absolute Gasteiger partial charge is 0.410 e. The lowest BCUT2D eigenvalue weighted by Crippen LogP contribution is -2.47. The second kappa shape index (κ2) is 6.37. The van der Waals surface area contributed by atoms with Gasteiger partial charge in [-0.05, 0) is 19.3 Å². The summed E-state index contributed by atoms with van der Waals surface area (Å²) >= 11 is 0. The minimum atomic E-state index is -1.04. The minimum absolute atomic E-state index is 0.00210. The average Bonchev–Trinajstić information content (AvgIpc) is 2.37. The van der Waals surface area contributed by atoms with Gasteiger partial charge in [0.25, 0.3) is 0 Å². The van der Waals surface area contributed by atoms with Gasteiger partial charge in [0.2, 0.25) is 0 Å². The second-order valence-corrected chi connectivity index (χ2v) is 4.38. The molecule has 0 aromatic heterocycles. The standard InChI is InChI=1S/C12H18FNO4/c1-2-9-18-11(17)14-7-4-12(3-6-13,5-8-14)10(15)16/h2H,1,3-9H2,(H,15,16). The van der Waals surface area contributed by atoms with E-state index in [1.54, 1.807) is 0 Å². The Morgan fingerprint density at radius 3 is 2.50 bits per heavy atom. The molecule has 1 amide bonds. The molecular weight excluding hydrogens is 241 g/mol. The summed E-state index contributed by atoms with van der Waals surface area (Å²) < 4.78 is 17.3. The number of carboxylic acid groups (broad SMARTS) is 1. The van der Waals surface area contributed by atoms with E-state index >= 15 is 0 Å². The van der Waals surface area contributed by atoms with Gasteiger partial charge in [0.05, 0.1) is 12.1 Å².